The second-order valence-electron chi connectivity index (χ2n) is 13.3. The van der Waals surface area contributed by atoms with Gasteiger partial charge in [0.1, 0.15) is 17.4 Å². The number of ether oxygens (including phenoxy) is 3. The molecule has 1 aliphatic carbocycles. The number of nitrogens with zero attached hydrogens (tertiary/aromatic N) is 1. The Labute approximate surface area is 296 Å². The maximum Gasteiger partial charge on any atom is 0.251 e. The van der Waals surface area contributed by atoms with Gasteiger partial charge in [-0.2, -0.15) is 5.26 Å². The van der Waals surface area contributed by atoms with Crippen LogP contribution in [-0.2, 0) is 19.7 Å². The summed E-state index contributed by atoms with van der Waals surface area (Å²) in [4.78, 5) is 27.2. The van der Waals surface area contributed by atoms with Gasteiger partial charge in [0, 0.05) is 41.6 Å². The van der Waals surface area contributed by atoms with Crippen LogP contribution in [0.25, 0.3) is 0 Å². The van der Waals surface area contributed by atoms with Crippen LogP contribution in [0.4, 0.5) is 14.5 Å². The Balaban J connectivity index is 1.74. The molecule has 4 atom stereocenters. The van der Waals surface area contributed by atoms with Gasteiger partial charge in [-0.3, -0.25) is 9.59 Å². The van der Waals surface area contributed by atoms with Crippen molar-refractivity contribution in [1.82, 2.24) is 5.32 Å². The summed E-state index contributed by atoms with van der Waals surface area (Å²) in [5.74, 6) is -4.90. The molecule has 8 nitrogen and oxygen atoms in total. The standard InChI is InChI=1S/C37H41Cl2F2N3O5/c1-36(2,3)20-23-18-26(35(46)44-30-12-9-22(17-31(30)48-5)34(45)43-13-14-49-16-15-47-4)32(25-7-6-8-28(39)33(25)41)37(23,21-42)27-11-10-24(38)19-29(27)40/h6-12,17,19,23,26,32H,13-16,18,20H2,1-5H3,(H,43,45)(H,44,46)/t23-,26+,32-,37+/m0/s1. The zero-order chi connectivity index (χ0) is 35.9. The first-order valence-electron chi connectivity index (χ1n) is 15.9. The highest BCUT2D eigenvalue weighted by molar-refractivity contribution is 6.31. The van der Waals surface area contributed by atoms with Crippen LogP contribution in [-0.4, -0.2) is 52.4 Å². The lowest BCUT2D eigenvalue weighted by molar-refractivity contribution is -0.120. The molecule has 1 saturated carbocycles. The maximum absolute atomic E-state index is 16.0. The van der Waals surface area contributed by atoms with E-state index in [1.54, 1.807) is 13.2 Å². The van der Waals surface area contributed by atoms with Crippen molar-refractivity contribution in [2.75, 3.05) is 45.9 Å². The number of carbonyl (C=O) groups excluding carboxylic acids is 2. The first-order chi connectivity index (χ1) is 23.3. The molecule has 0 spiro atoms. The van der Waals surface area contributed by atoms with E-state index in [4.69, 9.17) is 37.4 Å². The molecule has 0 aromatic heterocycles. The van der Waals surface area contributed by atoms with Crippen molar-refractivity contribution in [3.63, 3.8) is 0 Å². The van der Waals surface area contributed by atoms with Crippen molar-refractivity contribution in [3.05, 3.63) is 93.0 Å². The summed E-state index contributed by atoms with van der Waals surface area (Å²) in [5.41, 5.74) is -1.39. The van der Waals surface area contributed by atoms with E-state index >= 15 is 8.78 Å². The Kier molecular flexibility index (Phi) is 12.7. The summed E-state index contributed by atoms with van der Waals surface area (Å²) in [7, 11) is 2.97. The first-order valence-corrected chi connectivity index (χ1v) is 16.7. The van der Waals surface area contributed by atoms with Crippen molar-refractivity contribution in [1.29, 1.82) is 5.26 Å². The van der Waals surface area contributed by atoms with Crippen molar-refractivity contribution >= 4 is 40.7 Å². The van der Waals surface area contributed by atoms with Gasteiger partial charge >= 0.3 is 0 Å². The number of carbonyl (C=O) groups is 2. The van der Waals surface area contributed by atoms with Gasteiger partial charge in [0.2, 0.25) is 5.91 Å². The molecule has 3 aromatic rings. The molecular weight excluding hydrogens is 675 g/mol. The lowest BCUT2D eigenvalue weighted by Gasteiger charge is -2.38. The molecule has 12 heteroatoms. The number of methoxy groups -OCH3 is 2. The van der Waals surface area contributed by atoms with Crippen molar-refractivity contribution in [3.8, 4) is 11.8 Å². The number of benzene rings is 3. The Hall–Kier alpha value is -3.75. The minimum Gasteiger partial charge on any atom is -0.495 e. The lowest BCUT2D eigenvalue weighted by Crippen LogP contribution is -2.39. The van der Waals surface area contributed by atoms with E-state index in [1.807, 2.05) is 20.8 Å². The number of anilines is 1. The fourth-order valence-electron chi connectivity index (χ4n) is 6.84. The normalized spacial score (nSPS) is 20.4. The molecule has 0 unspecified atom stereocenters. The van der Waals surface area contributed by atoms with Crippen LogP contribution in [0.2, 0.25) is 10.0 Å². The van der Waals surface area contributed by atoms with Gasteiger partial charge < -0.3 is 24.8 Å². The number of hydrogen-bond acceptors (Lipinski definition) is 6. The minimum atomic E-state index is -1.67. The average Bonchev–Trinajstić information content (AvgIpc) is 3.36. The number of nitriles is 1. The van der Waals surface area contributed by atoms with Gasteiger partial charge in [-0.25, -0.2) is 8.78 Å². The molecule has 2 N–H and O–H groups in total. The molecule has 3 aromatic carbocycles. The van der Waals surface area contributed by atoms with E-state index in [0.29, 0.717) is 31.8 Å². The zero-order valence-electron chi connectivity index (χ0n) is 28.2. The Morgan fingerprint density at radius 1 is 1.04 bits per heavy atom. The maximum atomic E-state index is 16.0. The summed E-state index contributed by atoms with van der Waals surface area (Å²) in [6.45, 7) is 7.40. The molecule has 0 radical (unpaired) electrons. The lowest BCUT2D eigenvalue weighted by atomic mass is 9.62. The second kappa shape index (κ2) is 16.3. The first kappa shape index (κ1) is 38.1. The van der Waals surface area contributed by atoms with Crippen LogP contribution in [0, 0.1) is 40.2 Å². The van der Waals surface area contributed by atoms with E-state index in [9.17, 15) is 14.9 Å². The number of amides is 2. The van der Waals surface area contributed by atoms with E-state index in [2.05, 4.69) is 16.7 Å². The Morgan fingerprint density at radius 2 is 1.80 bits per heavy atom. The minimum absolute atomic E-state index is 0.0325. The molecule has 2 amide bonds. The van der Waals surface area contributed by atoms with Crippen LogP contribution in [0.3, 0.4) is 0 Å². The van der Waals surface area contributed by atoms with Crippen LogP contribution in [0.5, 0.6) is 5.75 Å². The SMILES string of the molecule is COCCOCCNC(=O)c1ccc(NC(=O)[C@@H]2C[C@@H](CC(C)(C)C)[C@](C#N)(c3ccc(Cl)cc3F)[C@H]2c2cccc(Cl)c2F)c(OC)c1. The highest BCUT2D eigenvalue weighted by Gasteiger charge is 2.61. The third-order valence-corrected chi connectivity index (χ3v) is 9.36. The third kappa shape index (κ3) is 8.53. The Morgan fingerprint density at radius 3 is 2.45 bits per heavy atom. The molecule has 0 heterocycles. The van der Waals surface area contributed by atoms with E-state index < -0.39 is 40.7 Å². The molecular formula is C37H41Cl2F2N3O5. The second-order valence-corrected chi connectivity index (χ2v) is 14.1. The molecule has 4 rings (SSSR count). The zero-order valence-corrected chi connectivity index (χ0v) is 29.7. The van der Waals surface area contributed by atoms with Crippen molar-refractivity contribution < 1.29 is 32.6 Å². The van der Waals surface area contributed by atoms with Crippen LogP contribution in [0.1, 0.15) is 61.0 Å². The fourth-order valence-corrected chi connectivity index (χ4v) is 7.18. The predicted octanol–water partition coefficient (Wildman–Crippen LogP) is 7.93. The van der Waals surface area contributed by atoms with Crippen molar-refractivity contribution in [2.45, 2.75) is 44.9 Å². The summed E-state index contributed by atoms with van der Waals surface area (Å²) >= 11 is 12.4. The smallest absolute Gasteiger partial charge is 0.251 e. The highest BCUT2D eigenvalue weighted by Crippen LogP contribution is 2.61. The predicted molar refractivity (Wildman–Crippen MR) is 185 cm³/mol. The summed E-state index contributed by atoms with van der Waals surface area (Å²) < 4.78 is 47.7. The molecule has 1 aliphatic rings. The van der Waals surface area contributed by atoms with E-state index in [0.717, 1.165) is 6.07 Å². The number of halogens is 4. The number of rotatable bonds is 13. The Bertz CT molecular complexity index is 1710. The van der Waals surface area contributed by atoms with Crippen LogP contribution in [0.15, 0.2) is 54.6 Å². The van der Waals surface area contributed by atoms with Crippen LogP contribution < -0.4 is 15.4 Å². The van der Waals surface area contributed by atoms with Crippen LogP contribution >= 0.6 is 23.2 Å². The molecule has 0 aliphatic heterocycles. The topological polar surface area (TPSA) is 110 Å². The van der Waals surface area contributed by atoms with E-state index in [-0.39, 0.29) is 56.9 Å². The number of hydrogen-bond donors (Lipinski definition) is 2. The monoisotopic (exact) mass is 715 g/mol. The van der Waals surface area contributed by atoms with Gasteiger partial charge in [-0.15, -0.1) is 0 Å². The number of nitrogens with one attached hydrogen (secondary N) is 2. The summed E-state index contributed by atoms with van der Waals surface area (Å²) in [5, 5.41) is 16.7. The molecule has 1 fully saturated rings. The summed E-state index contributed by atoms with van der Waals surface area (Å²) in [6, 6.07) is 15.4. The van der Waals surface area contributed by atoms with Gasteiger partial charge in [0.15, 0.2) is 0 Å². The van der Waals surface area contributed by atoms with Crippen molar-refractivity contribution in [2.24, 2.45) is 17.3 Å². The van der Waals surface area contributed by atoms with E-state index in [1.165, 1.54) is 49.6 Å². The largest absolute Gasteiger partial charge is 0.495 e. The third-order valence-electron chi connectivity index (χ3n) is 8.83. The summed E-state index contributed by atoms with van der Waals surface area (Å²) in [6.07, 6.45) is 0.570. The van der Waals surface area contributed by atoms with Gasteiger partial charge in [-0.05, 0) is 66.1 Å². The highest BCUT2D eigenvalue weighted by atomic mass is 35.5. The van der Waals surface area contributed by atoms with Gasteiger partial charge in [0.25, 0.3) is 5.91 Å². The fraction of sp³-hybridized carbons (Fsp3) is 0.432. The quantitative estimate of drug-likeness (QED) is 0.174. The van der Waals surface area contributed by atoms with Gasteiger partial charge in [-0.1, -0.05) is 62.2 Å². The molecule has 262 valence electrons. The molecule has 0 saturated heterocycles. The molecule has 0 bridgehead atoms. The average molecular weight is 717 g/mol. The van der Waals surface area contributed by atoms with Gasteiger partial charge in [0.05, 0.1) is 49.1 Å². The molecule has 49 heavy (non-hydrogen) atoms.